The molecule has 1 aliphatic rings. The van der Waals surface area contributed by atoms with Gasteiger partial charge >= 0.3 is 182 Å². The average molecular weight is 601 g/mol. The molecule has 0 spiro atoms. The first-order valence-corrected chi connectivity index (χ1v) is 11.8. The normalized spacial score (nSPS) is 17.6. The number of nitrogens with zero attached hydrogens (tertiary/aromatic N) is 2. The number of ether oxygens (including phenoxy) is 1. The summed E-state index contributed by atoms with van der Waals surface area (Å²) in [5, 5.41) is 0. The van der Waals surface area contributed by atoms with Crippen molar-refractivity contribution in [3.63, 3.8) is 0 Å². The predicted molar refractivity (Wildman–Crippen MR) is 112 cm³/mol. The first-order valence-electron chi connectivity index (χ1n) is 9.60. The van der Waals surface area contributed by atoms with Gasteiger partial charge in [0.25, 0.3) is 0 Å². The third kappa shape index (κ3) is 5.67. The Kier molecular flexibility index (Phi) is 7.99. The fraction of sp³-hybridized carbons (Fsp3) is 0.304. The first-order chi connectivity index (χ1) is 14.5. The number of hydrogen-bond donors (Lipinski definition) is 0. The minimum absolute atomic E-state index is 0.0275. The number of methoxy groups -OCH3 is 1. The molecule has 2 atom stereocenters. The first kappa shape index (κ1) is 22.4. The molecular formula is C23H22FN2O3Pb. The molecule has 153 valence electrons. The number of halogens is 1. The number of rotatable bonds is 4. The number of carbonyl (C=O) groups is 2. The Balaban J connectivity index is 1.67. The average Bonchev–Trinajstić information content (AvgIpc) is 2.79. The van der Waals surface area contributed by atoms with Gasteiger partial charge < -0.3 is 0 Å². The standard InChI is InChI=1S/C23H22FN2O3.Pb/c1-29-23(28)21-17-25(13-5-8-18-9-11-20(24)12-10-18)14-15-26(21)22(27)16-19-6-3-2-4-7-19;/h2-4,6-7,9-12,16,21H,13-15,17H2,1H3;. The number of benzene rings is 2. The van der Waals surface area contributed by atoms with E-state index in [0.29, 0.717) is 51.9 Å². The molecule has 2 unspecified atom stereocenters. The summed E-state index contributed by atoms with van der Waals surface area (Å²) >= 11 is 0.658. The number of esters is 1. The summed E-state index contributed by atoms with van der Waals surface area (Å²) in [4.78, 5) is 29.2. The molecule has 2 aromatic carbocycles. The molecule has 1 aliphatic heterocycles. The minimum atomic E-state index is -0.649. The molecule has 0 N–H and O–H groups in total. The van der Waals surface area contributed by atoms with Gasteiger partial charge in [-0.2, -0.15) is 0 Å². The van der Waals surface area contributed by atoms with Crippen LogP contribution in [0.1, 0.15) is 14.6 Å². The zero-order chi connectivity index (χ0) is 21.5. The van der Waals surface area contributed by atoms with Crippen LogP contribution in [0.3, 0.4) is 0 Å². The molecule has 30 heavy (non-hydrogen) atoms. The van der Waals surface area contributed by atoms with Crippen molar-refractivity contribution in [2.45, 2.75) is 9.52 Å². The van der Waals surface area contributed by atoms with Crippen molar-refractivity contribution in [3.05, 3.63) is 71.5 Å². The van der Waals surface area contributed by atoms with Crippen LogP contribution in [0.2, 0.25) is 0 Å². The summed E-state index contributed by atoms with van der Waals surface area (Å²) in [7, 11) is 1.34. The van der Waals surface area contributed by atoms with Gasteiger partial charge in [-0.1, -0.05) is 0 Å². The van der Waals surface area contributed by atoms with Crippen molar-refractivity contribution >= 4 is 37.6 Å². The number of hydrogen-bond acceptors (Lipinski definition) is 4. The number of piperazine rings is 1. The van der Waals surface area contributed by atoms with E-state index in [4.69, 9.17) is 4.74 Å². The molecule has 1 fully saturated rings. The van der Waals surface area contributed by atoms with Gasteiger partial charge in [-0.3, -0.25) is 0 Å². The van der Waals surface area contributed by atoms with E-state index < -0.39 is 12.0 Å². The summed E-state index contributed by atoms with van der Waals surface area (Å²) in [6, 6.07) is 15.0. The van der Waals surface area contributed by atoms with Crippen molar-refractivity contribution in [2.24, 2.45) is 0 Å². The Bertz CT molecular complexity index is 940. The van der Waals surface area contributed by atoms with Crippen LogP contribution in [0.5, 0.6) is 0 Å². The van der Waals surface area contributed by atoms with Crippen LogP contribution < -0.4 is 0 Å². The van der Waals surface area contributed by atoms with Gasteiger partial charge in [-0.25, -0.2) is 4.39 Å². The Morgan fingerprint density at radius 2 is 1.87 bits per heavy atom. The Morgan fingerprint density at radius 1 is 1.17 bits per heavy atom. The third-order valence-electron chi connectivity index (χ3n) is 4.98. The molecule has 3 radical (unpaired) electrons. The summed E-state index contributed by atoms with van der Waals surface area (Å²) in [6.07, 6.45) is 0. The van der Waals surface area contributed by atoms with Gasteiger partial charge in [0.15, 0.2) is 0 Å². The molecule has 0 aromatic heterocycles. The fourth-order valence-corrected chi connectivity index (χ4v) is 4.72. The molecule has 1 heterocycles. The molecule has 1 amide bonds. The van der Waals surface area contributed by atoms with Gasteiger partial charge in [-0.05, 0) is 0 Å². The Hall–Kier alpha value is -2.25. The van der Waals surface area contributed by atoms with Crippen LogP contribution >= 0.6 is 0 Å². The summed E-state index contributed by atoms with van der Waals surface area (Å²) in [6.45, 7) is 1.90. The van der Waals surface area contributed by atoms with Gasteiger partial charge in [-0.15, -0.1) is 0 Å². The maximum absolute atomic E-state index is 13.1. The van der Waals surface area contributed by atoms with E-state index in [9.17, 15) is 14.0 Å². The predicted octanol–water partition coefficient (Wildman–Crippen LogP) is 1.77. The molecule has 0 bridgehead atoms. The third-order valence-corrected chi connectivity index (χ3v) is 7.24. The quantitative estimate of drug-likeness (QED) is 0.305. The van der Waals surface area contributed by atoms with Crippen molar-refractivity contribution < 1.29 is 18.7 Å². The monoisotopic (exact) mass is 601 g/mol. The van der Waals surface area contributed by atoms with Gasteiger partial charge in [0.1, 0.15) is 5.82 Å². The van der Waals surface area contributed by atoms with E-state index >= 15 is 0 Å². The van der Waals surface area contributed by atoms with E-state index in [1.165, 1.54) is 19.2 Å². The molecule has 3 rings (SSSR count). The van der Waals surface area contributed by atoms with Crippen molar-refractivity contribution in [2.75, 3.05) is 33.3 Å². The van der Waals surface area contributed by atoms with Crippen LogP contribution in [0.15, 0.2) is 54.6 Å². The molecule has 1 saturated heterocycles. The van der Waals surface area contributed by atoms with E-state index in [0.717, 1.165) is 11.1 Å². The van der Waals surface area contributed by atoms with Crippen LogP contribution in [-0.4, -0.2) is 86.8 Å². The number of carbonyl (C=O) groups excluding carboxylic acids is 2. The van der Waals surface area contributed by atoms with Crippen LogP contribution in [-0.2, 0) is 14.3 Å². The van der Waals surface area contributed by atoms with Gasteiger partial charge in [0.2, 0.25) is 0 Å². The van der Waals surface area contributed by atoms with Crippen molar-refractivity contribution in [1.29, 1.82) is 0 Å². The van der Waals surface area contributed by atoms with E-state index in [1.54, 1.807) is 17.0 Å². The second-order valence-corrected chi connectivity index (χ2v) is 9.20. The second-order valence-electron chi connectivity index (χ2n) is 6.96. The van der Waals surface area contributed by atoms with Crippen molar-refractivity contribution in [1.82, 2.24) is 9.80 Å². The van der Waals surface area contributed by atoms with Crippen LogP contribution in [0.25, 0.3) is 0 Å². The SMILES string of the molecule is COC(=O)C1CN(CC#Cc2ccc(F)cc2)CCN1C(=O)[CH]([Pb])c1ccccc1. The molecule has 0 saturated carbocycles. The summed E-state index contributed by atoms with van der Waals surface area (Å²) in [5.41, 5.74) is 1.71. The summed E-state index contributed by atoms with van der Waals surface area (Å²) in [5.74, 6) is 5.33. The topological polar surface area (TPSA) is 49.9 Å². The molecule has 5 nitrogen and oxygen atoms in total. The van der Waals surface area contributed by atoms with Crippen LogP contribution in [0.4, 0.5) is 4.39 Å². The Labute approximate surface area is 191 Å². The maximum atomic E-state index is 13.1. The molecular weight excluding hydrogens is 578 g/mol. The molecule has 2 aromatic rings. The van der Waals surface area contributed by atoms with E-state index in [1.807, 2.05) is 35.2 Å². The molecule has 0 aliphatic carbocycles. The van der Waals surface area contributed by atoms with E-state index in [-0.39, 0.29) is 15.2 Å². The van der Waals surface area contributed by atoms with E-state index in [2.05, 4.69) is 11.8 Å². The van der Waals surface area contributed by atoms with Gasteiger partial charge in [0.05, 0.1) is 0 Å². The van der Waals surface area contributed by atoms with Crippen LogP contribution in [0, 0.1) is 17.7 Å². The van der Waals surface area contributed by atoms with Gasteiger partial charge in [0, 0.05) is 0 Å². The molecule has 7 heteroatoms. The number of amides is 1. The Morgan fingerprint density at radius 3 is 2.53 bits per heavy atom. The zero-order valence-electron chi connectivity index (χ0n) is 16.7. The fourth-order valence-electron chi connectivity index (χ4n) is 3.33. The second kappa shape index (κ2) is 10.7. The summed E-state index contributed by atoms with van der Waals surface area (Å²) < 4.78 is 17.8. The zero-order valence-corrected chi connectivity index (χ0v) is 20.6. The van der Waals surface area contributed by atoms with Crippen molar-refractivity contribution in [3.8, 4) is 11.8 Å².